The highest BCUT2D eigenvalue weighted by Gasteiger charge is 2.44. The van der Waals surface area contributed by atoms with Crippen molar-refractivity contribution < 1.29 is 17.9 Å². The van der Waals surface area contributed by atoms with Gasteiger partial charge < -0.3 is 9.47 Å². The van der Waals surface area contributed by atoms with E-state index in [-0.39, 0.29) is 0 Å². The Bertz CT molecular complexity index is 329. The molecule has 0 aromatic rings. The molecule has 94 valence electrons. The molecule has 0 N–H and O–H groups in total. The molecule has 0 amide bonds. The quantitative estimate of drug-likeness (QED) is 0.702. The van der Waals surface area contributed by atoms with E-state index in [4.69, 9.17) is 9.47 Å². The fourth-order valence-corrected chi connectivity index (χ4v) is 4.10. The molecular weight excluding hydrogens is 230 g/mol. The fourth-order valence-electron chi connectivity index (χ4n) is 2.16. The lowest BCUT2D eigenvalue weighted by molar-refractivity contribution is 0.0620. The van der Waals surface area contributed by atoms with E-state index in [9.17, 15) is 8.42 Å². The molecule has 0 saturated carbocycles. The molecule has 0 radical (unpaired) electrons. The van der Waals surface area contributed by atoms with Gasteiger partial charge in [0.15, 0.2) is 0 Å². The third-order valence-electron chi connectivity index (χ3n) is 3.48. The molecule has 0 bridgehead atoms. The normalized spacial score (nSPS) is 27.8. The Morgan fingerprint density at radius 1 is 1.00 bits per heavy atom. The molecule has 6 heteroatoms. The second kappa shape index (κ2) is 4.60. The van der Waals surface area contributed by atoms with Gasteiger partial charge >= 0.3 is 0 Å². The molecule has 2 saturated heterocycles. The molecule has 0 unspecified atom stereocenters. The number of ether oxygens (including phenoxy) is 2. The Labute approximate surface area is 96.8 Å². The van der Waals surface area contributed by atoms with Gasteiger partial charge in [-0.15, -0.1) is 0 Å². The van der Waals surface area contributed by atoms with Crippen LogP contribution in [0.3, 0.4) is 0 Å². The van der Waals surface area contributed by atoms with Crippen LogP contribution < -0.4 is 0 Å². The van der Waals surface area contributed by atoms with Crippen LogP contribution in [0.5, 0.6) is 0 Å². The first-order chi connectivity index (χ1) is 7.56. The highest BCUT2D eigenvalue weighted by atomic mass is 32.2. The van der Waals surface area contributed by atoms with Crippen molar-refractivity contribution in [3.8, 4) is 0 Å². The van der Waals surface area contributed by atoms with Crippen LogP contribution in [0, 0.1) is 0 Å². The molecule has 0 spiro atoms. The predicted octanol–water partition coefficient (Wildman–Crippen LogP) is 0.217. The second-order valence-corrected chi connectivity index (χ2v) is 7.03. The Kier molecular flexibility index (Phi) is 3.53. The minimum absolute atomic E-state index is 0.485. The number of hydrogen-bond donors (Lipinski definition) is 0. The van der Waals surface area contributed by atoms with E-state index in [1.54, 1.807) is 4.31 Å². The smallest absolute Gasteiger partial charge is 0.219 e. The summed E-state index contributed by atoms with van der Waals surface area (Å²) in [5.74, 6) is 0. The van der Waals surface area contributed by atoms with Gasteiger partial charge in [0, 0.05) is 26.3 Å². The summed E-state index contributed by atoms with van der Waals surface area (Å²) in [5, 5.41) is 0. The topological polar surface area (TPSA) is 55.8 Å². The van der Waals surface area contributed by atoms with E-state index in [1.807, 2.05) is 6.92 Å². The Morgan fingerprint density at radius 3 is 2.06 bits per heavy atom. The Hall–Kier alpha value is -0.170. The molecule has 16 heavy (non-hydrogen) atoms. The maximum absolute atomic E-state index is 12.5. The monoisotopic (exact) mass is 249 g/mol. The molecule has 0 aromatic heterocycles. The van der Waals surface area contributed by atoms with Crippen LogP contribution in [0.25, 0.3) is 0 Å². The molecule has 0 aliphatic carbocycles. The zero-order chi connectivity index (χ0) is 11.6. The maximum atomic E-state index is 12.5. The Morgan fingerprint density at radius 2 is 1.50 bits per heavy atom. The van der Waals surface area contributed by atoms with Crippen molar-refractivity contribution in [1.82, 2.24) is 4.31 Å². The van der Waals surface area contributed by atoms with Gasteiger partial charge in [-0.3, -0.25) is 0 Å². The SMILES string of the molecule is CC1(S(=O)(=O)N2CCOCC2)CCOCC1. The van der Waals surface area contributed by atoms with Gasteiger partial charge in [0.2, 0.25) is 10.0 Å². The average Bonchev–Trinajstić information content (AvgIpc) is 2.31. The summed E-state index contributed by atoms with van der Waals surface area (Å²) in [6.45, 7) is 4.90. The van der Waals surface area contributed by atoms with Crippen LogP contribution in [0.1, 0.15) is 19.8 Å². The minimum Gasteiger partial charge on any atom is -0.381 e. The first kappa shape index (κ1) is 12.3. The molecule has 0 atom stereocenters. The average molecular weight is 249 g/mol. The van der Waals surface area contributed by atoms with Crippen molar-refractivity contribution in [3.63, 3.8) is 0 Å². The van der Waals surface area contributed by atoms with E-state index < -0.39 is 14.8 Å². The number of morpholine rings is 1. The van der Waals surface area contributed by atoms with Crippen molar-refractivity contribution in [2.45, 2.75) is 24.5 Å². The third kappa shape index (κ3) is 2.11. The molecule has 5 nitrogen and oxygen atoms in total. The zero-order valence-electron chi connectivity index (χ0n) is 9.65. The summed E-state index contributed by atoms with van der Waals surface area (Å²) in [6.07, 6.45) is 1.18. The van der Waals surface area contributed by atoms with E-state index >= 15 is 0 Å². The van der Waals surface area contributed by atoms with Crippen molar-refractivity contribution in [2.75, 3.05) is 39.5 Å². The fraction of sp³-hybridized carbons (Fsp3) is 1.00. The summed E-state index contributed by atoms with van der Waals surface area (Å²) in [7, 11) is -3.21. The first-order valence-corrected chi connectivity index (χ1v) is 7.15. The van der Waals surface area contributed by atoms with Crippen molar-refractivity contribution >= 4 is 10.0 Å². The van der Waals surface area contributed by atoms with Gasteiger partial charge in [-0.1, -0.05) is 0 Å². The van der Waals surface area contributed by atoms with Crippen LogP contribution in [0.15, 0.2) is 0 Å². The van der Waals surface area contributed by atoms with Gasteiger partial charge in [0.1, 0.15) is 0 Å². The molecule has 2 heterocycles. The highest BCUT2D eigenvalue weighted by molar-refractivity contribution is 7.90. The lowest BCUT2D eigenvalue weighted by Crippen LogP contribution is -2.52. The predicted molar refractivity (Wildman–Crippen MR) is 59.8 cm³/mol. The molecule has 0 aromatic carbocycles. The summed E-state index contributed by atoms with van der Waals surface area (Å²) >= 11 is 0. The summed E-state index contributed by atoms with van der Waals surface area (Å²) < 4.78 is 36.3. The number of hydrogen-bond acceptors (Lipinski definition) is 4. The van der Waals surface area contributed by atoms with E-state index in [0.29, 0.717) is 52.4 Å². The van der Waals surface area contributed by atoms with Gasteiger partial charge in [0.25, 0.3) is 0 Å². The second-order valence-electron chi connectivity index (χ2n) is 4.58. The molecular formula is C10H19NO4S. The van der Waals surface area contributed by atoms with Crippen LogP contribution in [-0.2, 0) is 19.5 Å². The summed E-state index contributed by atoms with van der Waals surface area (Å²) in [5.41, 5.74) is 0. The van der Waals surface area contributed by atoms with Crippen molar-refractivity contribution in [2.24, 2.45) is 0 Å². The largest absolute Gasteiger partial charge is 0.381 e. The number of nitrogens with zero attached hydrogens (tertiary/aromatic N) is 1. The molecule has 2 fully saturated rings. The van der Waals surface area contributed by atoms with Crippen molar-refractivity contribution in [1.29, 1.82) is 0 Å². The summed E-state index contributed by atoms with van der Waals surface area (Å²) in [4.78, 5) is 0. The van der Waals surface area contributed by atoms with Gasteiger partial charge in [-0.25, -0.2) is 8.42 Å². The minimum atomic E-state index is -3.21. The van der Waals surface area contributed by atoms with Crippen LogP contribution in [-0.4, -0.2) is 57.0 Å². The first-order valence-electron chi connectivity index (χ1n) is 5.71. The molecule has 2 rings (SSSR count). The highest BCUT2D eigenvalue weighted by Crippen LogP contribution is 2.32. The van der Waals surface area contributed by atoms with Crippen molar-refractivity contribution in [3.05, 3.63) is 0 Å². The van der Waals surface area contributed by atoms with Crippen LogP contribution in [0.4, 0.5) is 0 Å². The van der Waals surface area contributed by atoms with E-state index in [0.717, 1.165) is 0 Å². The van der Waals surface area contributed by atoms with E-state index in [1.165, 1.54) is 0 Å². The number of rotatable bonds is 2. The van der Waals surface area contributed by atoms with Crippen LogP contribution in [0.2, 0.25) is 0 Å². The number of sulfonamides is 1. The molecule has 2 aliphatic heterocycles. The zero-order valence-corrected chi connectivity index (χ0v) is 10.5. The lowest BCUT2D eigenvalue weighted by Gasteiger charge is -2.38. The standard InChI is InChI=1S/C10H19NO4S/c1-10(2-6-14-7-3-10)16(12,13)11-4-8-15-9-5-11/h2-9H2,1H3. The third-order valence-corrected chi connectivity index (χ3v) is 6.18. The van der Waals surface area contributed by atoms with Gasteiger partial charge in [-0.05, 0) is 19.8 Å². The van der Waals surface area contributed by atoms with Gasteiger partial charge in [-0.2, -0.15) is 4.31 Å². The molecule has 2 aliphatic rings. The van der Waals surface area contributed by atoms with Crippen LogP contribution >= 0.6 is 0 Å². The lowest BCUT2D eigenvalue weighted by atomic mass is 10.0. The summed E-state index contributed by atoms with van der Waals surface area (Å²) in [6, 6.07) is 0. The maximum Gasteiger partial charge on any atom is 0.219 e. The Balaban J connectivity index is 2.15. The van der Waals surface area contributed by atoms with Gasteiger partial charge in [0.05, 0.1) is 18.0 Å². The van der Waals surface area contributed by atoms with E-state index in [2.05, 4.69) is 0 Å².